The Balaban J connectivity index is 1.71. The van der Waals surface area contributed by atoms with Gasteiger partial charge in [0.05, 0.1) is 5.56 Å². The van der Waals surface area contributed by atoms with Crippen LogP contribution in [0, 0.1) is 13.8 Å². The standard InChI is InChI=1S/C22H21N3O2/c1-14-7-8-15(2)20(11-14)25-21-10-9-18(13-23-21)22(27)24-19-6-4-5-17(12-19)16(3)26/h4-13H,1-3H3,(H,23,25)(H,24,27). The fourth-order valence-corrected chi connectivity index (χ4v) is 2.63. The molecule has 2 N–H and O–H groups in total. The van der Waals surface area contributed by atoms with Crippen LogP contribution in [0.25, 0.3) is 0 Å². The maximum absolute atomic E-state index is 12.4. The monoisotopic (exact) mass is 359 g/mol. The molecule has 0 aliphatic heterocycles. The first-order valence-electron chi connectivity index (χ1n) is 8.65. The summed E-state index contributed by atoms with van der Waals surface area (Å²) in [6.45, 7) is 5.55. The minimum Gasteiger partial charge on any atom is -0.340 e. The normalized spacial score (nSPS) is 10.3. The minimum atomic E-state index is -0.276. The zero-order valence-corrected chi connectivity index (χ0v) is 15.5. The van der Waals surface area contributed by atoms with E-state index >= 15 is 0 Å². The van der Waals surface area contributed by atoms with Crippen LogP contribution in [0.1, 0.15) is 38.8 Å². The molecule has 2 aromatic carbocycles. The van der Waals surface area contributed by atoms with Crippen molar-refractivity contribution >= 4 is 28.9 Å². The number of aryl methyl sites for hydroxylation is 2. The Labute approximate surface area is 158 Å². The maximum Gasteiger partial charge on any atom is 0.257 e. The molecule has 5 heteroatoms. The molecule has 0 atom stereocenters. The van der Waals surface area contributed by atoms with Gasteiger partial charge in [0.25, 0.3) is 5.91 Å². The summed E-state index contributed by atoms with van der Waals surface area (Å²) in [4.78, 5) is 28.2. The SMILES string of the molecule is CC(=O)c1cccc(NC(=O)c2ccc(Nc3cc(C)ccc3C)nc2)c1. The molecule has 0 bridgehead atoms. The van der Waals surface area contributed by atoms with Crippen LogP contribution >= 0.6 is 0 Å². The van der Waals surface area contributed by atoms with E-state index in [0.29, 0.717) is 22.6 Å². The average molecular weight is 359 g/mol. The molecular weight excluding hydrogens is 338 g/mol. The highest BCUT2D eigenvalue weighted by molar-refractivity contribution is 6.05. The van der Waals surface area contributed by atoms with Crippen molar-refractivity contribution in [1.29, 1.82) is 0 Å². The lowest BCUT2D eigenvalue weighted by Crippen LogP contribution is -2.12. The average Bonchev–Trinajstić information content (AvgIpc) is 2.65. The zero-order chi connectivity index (χ0) is 19.4. The molecule has 1 aromatic heterocycles. The number of hydrogen-bond donors (Lipinski definition) is 2. The summed E-state index contributed by atoms with van der Waals surface area (Å²) < 4.78 is 0. The highest BCUT2D eigenvalue weighted by Gasteiger charge is 2.09. The van der Waals surface area contributed by atoms with Crippen LogP contribution < -0.4 is 10.6 Å². The fraction of sp³-hybridized carbons (Fsp3) is 0.136. The highest BCUT2D eigenvalue weighted by atomic mass is 16.1. The summed E-state index contributed by atoms with van der Waals surface area (Å²) in [7, 11) is 0. The van der Waals surface area contributed by atoms with E-state index in [2.05, 4.69) is 33.8 Å². The van der Waals surface area contributed by atoms with Gasteiger partial charge in [-0.15, -0.1) is 0 Å². The second-order valence-electron chi connectivity index (χ2n) is 6.47. The number of aromatic nitrogens is 1. The molecule has 1 amide bonds. The third kappa shape index (κ3) is 4.58. The zero-order valence-electron chi connectivity index (χ0n) is 15.5. The van der Waals surface area contributed by atoms with Crippen LogP contribution in [0.2, 0.25) is 0 Å². The summed E-state index contributed by atoms with van der Waals surface area (Å²) in [5, 5.41) is 6.06. The van der Waals surface area contributed by atoms with E-state index in [4.69, 9.17) is 0 Å². The number of nitrogens with one attached hydrogen (secondary N) is 2. The lowest BCUT2D eigenvalue weighted by Gasteiger charge is -2.10. The minimum absolute atomic E-state index is 0.0466. The molecule has 0 unspecified atom stereocenters. The van der Waals surface area contributed by atoms with Crippen molar-refractivity contribution < 1.29 is 9.59 Å². The van der Waals surface area contributed by atoms with Crippen LogP contribution in [-0.2, 0) is 0 Å². The van der Waals surface area contributed by atoms with Crippen LogP contribution in [0.4, 0.5) is 17.2 Å². The van der Waals surface area contributed by atoms with Crippen molar-refractivity contribution in [2.75, 3.05) is 10.6 Å². The van der Waals surface area contributed by atoms with E-state index in [1.54, 1.807) is 36.4 Å². The highest BCUT2D eigenvalue weighted by Crippen LogP contribution is 2.21. The number of Topliss-reactive ketones (excluding diaryl/α,β-unsaturated/α-hetero) is 1. The van der Waals surface area contributed by atoms with Crippen molar-refractivity contribution in [3.05, 3.63) is 83.0 Å². The summed E-state index contributed by atoms with van der Waals surface area (Å²) in [5.41, 5.74) is 4.83. The van der Waals surface area contributed by atoms with Crippen LogP contribution in [0.15, 0.2) is 60.8 Å². The van der Waals surface area contributed by atoms with Gasteiger partial charge in [0.15, 0.2) is 5.78 Å². The number of amides is 1. The molecule has 3 aromatic rings. The van der Waals surface area contributed by atoms with Crippen molar-refractivity contribution in [3.8, 4) is 0 Å². The topological polar surface area (TPSA) is 71.1 Å². The summed E-state index contributed by atoms with van der Waals surface area (Å²) in [6.07, 6.45) is 1.53. The molecule has 27 heavy (non-hydrogen) atoms. The summed E-state index contributed by atoms with van der Waals surface area (Å²) in [5.74, 6) is 0.343. The molecule has 3 rings (SSSR count). The van der Waals surface area contributed by atoms with Crippen molar-refractivity contribution in [3.63, 3.8) is 0 Å². The molecular formula is C22H21N3O2. The molecule has 0 spiro atoms. The number of benzene rings is 2. The maximum atomic E-state index is 12.4. The predicted molar refractivity (Wildman–Crippen MR) is 108 cm³/mol. The predicted octanol–water partition coefficient (Wildman–Crippen LogP) is 4.90. The summed E-state index contributed by atoms with van der Waals surface area (Å²) in [6, 6.07) is 16.5. The van der Waals surface area contributed by atoms with Crippen molar-refractivity contribution in [2.45, 2.75) is 20.8 Å². The first kappa shape index (κ1) is 18.3. The van der Waals surface area contributed by atoms with E-state index in [0.717, 1.165) is 16.8 Å². The molecule has 136 valence electrons. The second kappa shape index (κ2) is 7.83. The van der Waals surface area contributed by atoms with Crippen molar-refractivity contribution in [2.24, 2.45) is 0 Å². The molecule has 0 aliphatic carbocycles. The van der Waals surface area contributed by atoms with Gasteiger partial charge in [-0.1, -0.05) is 24.3 Å². The molecule has 0 saturated heterocycles. The third-order valence-corrected chi connectivity index (χ3v) is 4.21. The van der Waals surface area contributed by atoms with Gasteiger partial charge in [-0.3, -0.25) is 9.59 Å². The van der Waals surface area contributed by atoms with E-state index in [9.17, 15) is 9.59 Å². The number of anilines is 3. The van der Waals surface area contributed by atoms with Gasteiger partial charge in [0.2, 0.25) is 0 Å². The Morgan fingerprint density at radius 1 is 0.926 bits per heavy atom. The van der Waals surface area contributed by atoms with E-state index in [1.165, 1.54) is 13.1 Å². The Kier molecular flexibility index (Phi) is 5.31. The first-order chi connectivity index (χ1) is 12.9. The largest absolute Gasteiger partial charge is 0.340 e. The van der Waals surface area contributed by atoms with Gasteiger partial charge in [0.1, 0.15) is 5.82 Å². The second-order valence-corrected chi connectivity index (χ2v) is 6.47. The number of pyridine rings is 1. The quantitative estimate of drug-likeness (QED) is 0.636. The number of carbonyl (C=O) groups is 2. The van der Waals surface area contributed by atoms with Crippen LogP contribution in [0.5, 0.6) is 0 Å². The van der Waals surface area contributed by atoms with Gasteiger partial charge >= 0.3 is 0 Å². The van der Waals surface area contributed by atoms with E-state index < -0.39 is 0 Å². The van der Waals surface area contributed by atoms with Crippen molar-refractivity contribution in [1.82, 2.24) is 4.98 Å². The van der Waals surface area contributed by atoms with Gasteiger partial charge in [-0.25, -0.2) is 4.98 Å². The van der Waals surface area contributed by atoms with Gasteiger partial charge in [-0.05, 0) is 62.2 Å². The fourth-order valence-electron chi connectivity index (χ4n) is 2.63. The number of carbonyl (C=O) groups excluding carboxylic acids is 2. The van der Waals surface area contributed by atoms with E-state index in [1.807, 2.05) is 13.8 Å². The Morgan fingerprint density at radius 2 is 1.74 bits per heavy atom. The lowest BCUT2D eigenvalue weighted by atomic mass is 10.1. The van der Waals surface area contributed by atoms with Gasteiger partial charge < -0.3 is 10.6 Å². The Morgan fingerprint density at radius 3 is 2.44 bits per heavy atom. The Hall–Kier alpha value is -3.47. The van der Waals surface area contributed by atoms with E-state index in [-0.39, 0.29) is 11.7 Å². The number of hydrogen-bond acceptors (Lipinski definition) is 4. The molecule has 0 saturated carbocycles. The first-order valence-corrected chi connectivity index (χ1v) is 8.65. The number of rotatable bonds is 5. The van der Waals surface area contributed by atoms with Crippen LogP contribution in [0.3, 0.4) is 0 Å². The van der Waals surface area contributed by atoms with Gasteiger partial charge in [0, 0.05) is 23.1 Å². The molecule has 5 nitrogen and oxygen atoms in total. The Bertz CT molecular complexity index is 995. The molecule has 0 fully saturated rings. The summed E-state index contributed by atoms with van der Waals surface area (Å²) >= 11 is 0. The molecule has 1 heterocycles. The smallest absolute Gasteiger partial charge is 0.257 e. The lowest BCUT2D eigenvalue weighted by molar-refractivity contribution is 0.101. The van der Waals surface area contributed by atoms with Gasteiger partial charge in [-0.2, -0.15) is 0 Å². The third-order valence-electron chi connectivity index (χ3n) is 4.21. The number of nitrogens with zero attached hydrogens (tertiary/aromatic N) is 1. The van der Waals surface area contributed by atoms with Crippen LogP contribution in [-0.4, -0.2) is 16.7 Å². The number of ketones is 1. The molecule has 0 radical (unpaired) electrons. The molecule has 0 aliphatic rings.